The van der Waals surface area contributed by atoms with E-state index in [4.69, 9.17) is 0 Å². The number of hydrogen-bond acceptors (Lipinski definition) is 4. The van der Waals surface area contributed by atoms with Crippen molar-refractivity contribution in [1.29, 1.82) is 0 Å². The zero-order valence-electron chi connectivity index (χ0n) is 9.94. The van der Waals surface area contributed by atoms with Gasteiger partial charge in [-0.25, -0.2) is 4.98 Å². The van der Waals surface area contributed by atoms with Crippen LogP contribution in [0.2, 0.25) is 0 Å². The molecule has 92 valence electrons. The van der Waals surface area contributed by atoms with Gasteiger partial charge in [-0.2, -0.15) is 0 Å². The molecule has 18 heavy (non-hydrogen) atoms. The van der Waals surface area contributed by atoms with Crippen molar-refractivity contribution in [2.45, 2.75) is 19.3 Å². The molecule has 0 saturated heterocycles. The molecule has 0 unspecified atom stereocenters. The minimum atomic E-state index is -0.0174. The summed E-state index contributed by atoms with van der Waals surface area (Å²) in [6.45, 7) is 0.887. The Hall–Kier alpha value is -2.17. The highest BCUT2D eigenvalue weighted by atomic mass is 16.1. The second-order valence-electron chi connectivity index (χ2n) is 4.40. The highest BCUT2D eigenvalue weighted by molar-refractivity contribution is 5.45. The molecule has 0 fully saturated rings. The van der Waals surface area contributed by atoms with Gasteiger partial charge in [-0.05, 0) is 30.5 Å². The van der Waals surface area contributed by atoms with Crippen molar-refractivity contribution in [2.24, 2.45) is 0 Å². The lowest BCUT2D eigenvalue weighted by Crippen LogP contribution is -2.25. The van der Waals surface area contributed by atoms with E-state index < -0.39 is 0 Å². The van der Waals surface area contributed by atoms with Crippen LogP contribution in [0.15, 0.2) is 29.3 Å². The van der Waals surface area contributed by atoms with E-state index in [2.05, 4.69) is 20.3 Å². The molecule has 0 aromatic carbocycles. The van der Waals surface area contributed by atoms with Gasteiger partial charge in [0.2, 0.25) is 0 Å². The van der Waals surface area contributed by atoms with Gasteiger partial charge in [0.1, 0.15) is 11.6 Å². The van der Waals surface area contributed by atoms with Crippen LogP contribution < -0.4 is 10.9 Å². The molecule has 0 bridgehead atoms. The van der Waals surface area contributed by atoms with Crippen LogP contribution in [0.25, 0.3) is 0 Å². The van der Waals surface area contributed by atoms with Gasteiger partial charge in [0.15, 0.2) is 0 Å². The van der Waals surface area contributed by atoms with Crippen LogP contribution in [0.3, 0.4) is 0 Å². The number of anilines is 1. The van der Waals surface area contributed by atoms with Crippen LogP contribution in [0.4, 0.5) is 5.82 Å². The first-order valence-corrected chi connectivity index (χ1v) is 6.08. The highest BCUT2D eigenvalue weighted by Gasteiger charge is 2.14. The first-order chi connectivity index (χ1) is 8.83. The van der Waals surface area contributed by atoms with E-state index in [1.807, 2.05) is 12.1 Å². The van der Waals surface area contributed by atoms with Crippen molar-refractivity contribution in [3.05, 3.63) is 51.8 Å². The molecule has 5 heteroatoms. The first-order valence-electron chi connectivity index (χ1n) is 6.08. The number of pyridine rings is 1. The van der Waals surface area contributed by atoms with Gasteiger partial charge in [-0.3, -0.25) is 9.78 Å². The number of nitrogens with zero attached hydrogens (tertiary/aromatic N) is 2. The van der Waals surface area contributed by atoms with E-state index in [9.17, 15) is 4.79 Å². The van der Waals surface area contributed by atoms with Crippen molar-refractivity contribution >= 4 is 5.82 Å². The van der Waals surface area contributed by atoms with Crippen molar-refractivity contribution in [3.63, 3.8) is 0 Å². The van der Waals surface area contributed by atoms with Gasteiger partial charge in [0, 0.05) is 25.4 Å². The molecule has 0 saturated carbocycles. The van der Waals surface area contributed by atoms with E-state index in [0.29, 0.717) is 12.2 Å². The van der Waals surface area contributed by atoms with Gasteiger partial charge in [-0.1, -0.05) is 0 Å². The molecule has 2 N–H and O–H groups in total. The molecule has 5 nitrogen and oxygen atoms in total. The number of nitrogens with one attached hydrogen (secondary N) is 2. The maximum Gasteiger partial charge on any atom is 0.256 e. The van der Waals surface area contributed by atoms with Crippen LogP contribution in [-0.4, -0.2) is 21.5 Å². The first kappa shape index (κ1) is 11.0. The summed E-state index contributed by atoms with van der Waals surface area (Å²) in [5.74, 6) is 1.44. The van der Waals surface area contributed by atoms with E-state index in [1.54, 1.807) is 12.4 Å². The van der Waals surface area contributed by atoms with E-state index in [1.165, 1.54) is 0 Å². The topological polar surface area (TPSA) is 70.7 Å². The molecule has 0 radical (unpaired) electrons. The maximum atomic E-state index is 11.9. The summed E-state index contributed by atoms with van der Waals surface area (Å²) < 4.78 is 0. The molecule has 0 spiro atoms. The molecular weight excluding hydrogens is 228 g/mol. The average Bonchev–Trinajstić information content (AvgIpc) is 2.40. The fourth-order valence-corrected chi connectivity index (χ4v) is 2.17. The Kier molecular flexibility index (Phi) is 2.80. The van der Waals surface area contributed by atoms with E-state index in [-0.39, 0.29) is 5.56 Å². The van der Waals surface area contributed by atoms with Crippen molar-refractivity contribution < 1.29 is 0 Å². The third-order valence-corrected chi connectivity index (χ3v) is 3.08. The molecular formula is C13H14N4O. The number of fused-ring (bicyclic) bond motifs is 1. The summed E-state index contributed by atoms with van der Waals surface area (Å²) in [5, 5.41) is 3.19. The second-order valence-corrected chi connectivity index (χ2v) is 4.40. The summed E-state index contributed by atoms with van der Waals surface area (Å²) in [7, 11) is 0. The Labute approximate surface area is 104 Å². The molecule has 1 aliphatic rings. The fourth-order valence-electron chi connectivity index (χ4n) is 2.17. The van der Waals surface area contributed by atoms with Crippen LogP contribution in [-0.2, 0) is 12.8 Å². The summed E-state index contributed by atoms with van der Waals surface area (Å²) >= 11 is 0. The monoisotopic (exact) mass is 242 g/mol. The minimum Gasteiger partial charge on any atom is -0.370 e. The van der Waals surface area contributed by atoms with Crippen molar-refractivity contribution in [2.75, 3.05) is 11.9 Å². The predicted molar refractivity (Wildman–Crippen MR) is 68.7 cm³/mol. The lowest BCUT2D eigenvalue weighted by molar-refractivity contribution is 0.783. The Bertz CT molecular complexity index is 606. The Balaban J connectivity index is 1.94. The zero-order chi connectivity index (χ0) is 12.4. The van der Waals surface area contributed by atoms with E-state index in [0.717, 1.165) is 36.3 Å². The van der Waals surface area contributed by atoms with Crippen LogP contribution >= 0.6 is 0 Å². The average molecular weight is 242 g/mol. The summed E-state index contributed by atoms with van der Waals surface area (Å²) in [6, 6.07) is 3.85. The highest BCUT2D eigenvalue weighted by Crippen LogP contribution is 2.15. The van der Waals surface area contributed by atoms with Crippen molar-refractivity contribution in [3.8, 4) is 0 Å². The van der Waals surface area contributed by atoms with Gasteiger partial charge >= 0.3 is 0 Å². The van der Waals surface area contributed by atoms with Crippen molar-refractivity contribution in [1.82, 2.24) is 15.0 Å². The summed E-state index contributed by atoms with van der Waals surface area (Å²) in [5.41, 5.74) is 1.85. The SMILES string of the molecule is O=c1[nH]c(Cc2ccncc2)nc2c1CCCN2. The van der Waals surface area contributed by atoms with Gasteiger partial charge < -0.3 is 10.3 Å². The third-order valence-electron chi connectivity index (χ3n) is 3.08. The number of aromatic nitrogens is 3. The molecule has 2 aromatic heterocycles. The molecule has 3 heterocycles. The van der Waals surface area contributed by atoms with Gasteiger partial charge in [0.05, 0.1) is 5.56 Å². The molecule has 0 amide bonds. The molecule has 0 atom stereocenters. The minimum absolute atomic E-state index is 0.0174. The summed E-state index contributed by atoms with van der Waals surface area (Å²) in [4.78, 5) is 23.2. The number of aromatic amines is 1. The Morgan fingerprint density at radius 2 is 2.11 bits per heavy atom. The Morgan fingerprint density at radius 1 is 1.28 bits per heavy atom. The third kappa shape index (κ3) is 2.11. The predicted octanol–water partition coefficient (Wildman–Crippen LogP) is 1.11. The lowest BCUT2D eigenvalue weighted by atomic mass is 10.1. The second kappa shape index (κ2) is 4.60. The van der Waals surface area contributed by atoms with E-state index >= 15 is 0 Å². The molecule has 0 aliphatic carbocycles. The lowest BCUT2D eigenvalue weighted by Gasteiger charge is -2.16. The molecule has 1 aliphatic heterocycles. The van der Waals surface area contributed by atoms with Crippen LogP contribution in [0.1, 0.15) is 23.4 Å². The molecule has 3 rings (SSSR count). The van der Waals surface area contributed by atoms with Gasteiger partial charge in [0.25, 0.3) is 5.56 Å². The number of H-pyrrole nitrogens is 1. The zero-order valence-corrected chi connectivity index (χ0v) is 9.94. The smallest absolute Gasteiger partial charge is 0.256 e. The normalized spacial score (nSPS) is 13.8. The quantitative estimate of drug-likeness (QED) is 0.827. The van der Waals surface area contributed by atoms with Gasteiger partial charge in [-0.15, -0.1) is 0 Å². The number of hydrogen-bond donors (Lipinski definition) is 2. The van der Waals surface area contributed by atoms with Crippen LogP contribution in [0.5, 0.6) is 0 Å². The largest absolute Gasteiger partial charge is 0.370 e. The maximum absolute atomic E-state index is 11.9. The standard InChI is InChI=1S/C13H14N4O/c18-13-10-2-1-5-15-12(10)16-11(17-13)8-9-3-6-14-7-4-9/h3-4,6-7H,1-2,5,8H2,(H2,15,16,17,18). The fraction of sp³-hybridized carbons (Fsp3) is 0.308. The summed E-state index contributed by atoms with van der Waals surface area (Å²) in [6.07, 6.45) is 5.89. The number of rotatable bonds is 2. The Morgan fingerprint density at radius 3 is 2.94 bits per heavy atom. The molecule has 2 aromatic rings. The van der Waals surface area contributed by atoms with Crippen LogP contribution in [0, 0.1) is 0 Å².